The lowest BCUT2D eigenvalue weighted by atomic mass is 9.93. The van der Waals surface area contributed by atoms with Crippen LogP contribution in [0, 0.1) is 0 Å². The van der Waals surface area contributed by atoms with Crippen molar-refractivity contribution in [3.05, 3.63) is 65.4 Å². The average Bonchev–Trinajstić information content (AvgIpc) is 3.38. The van der Waals surface area contributed by atoms with Gasteiger partial charge in [-0.2, -0.15) is 13.2 Å². The smallest absolute Gasteiger partial charge is 0.422 e. The number of methoxy groups -OCH3 is 1. The minimum atomic E-state index is -4.69. The van der Waals surface area contributed by atoms with Crippen molar-refractivity contribution < 1.29 is 26.8 Å². The number of aromatic nitrogens is 2. The molecule has 0 atom stereocenters. The number of alkyl halides is 3. The predicted molar refractivity (Wildman–Crippen MR) is 102 cm³/mol. The lowest BCUT2D eigenvalue weighted by molar-refractivity contribution is -0.136. The minimum absolute atomic E-state index is 0.231. The Bertz CT molecular complexity index is 1230. The first-order valence-corrected chi connectivity index (χ1v) is 9.25. The van der Waals surface area contributed by atoms with Gasteiger partial charge in [0.2, 0.25) is 5.76 Å². The maximum absolute atomic E-state index is 13.9. The number of fused-ring (bicyclic) bond motifs is 3. The van der Waals surface area contributed by atoms with Crippen molar-refractivity contribution in [1.29, 1.82) is 0 Å². The SMILES string of the molecule is COc1ccc2c(c1)CCc1nc(-c3onc(-c4ccccc4)c3C(F)(F)F)oc1-2. The Labute approximate surface area is 169 Å². The van der Waals surface area contributed by atoms with Crippen LogP contribution in [0.15, 0.2) is 57.5 Å². The van der Waals surface area contributed by atoms with E-state index in [2.05, 4.69) is 10.1 Å². The Balaban J connectivity index is 1.65. The molecular weight excluding hydrogens is 397 g/mol. The summed E-state index contributed by atoms with van der Waals surface area (Å²) in [6, 6.07) is 13.6. The van der Waals surface area contributed by atoms with E-state index in [1.54, 1.807) is 43.5 Å². The highest BCUT2D eigenvalue weighted by Crippen LogP contribution is 2.45. The Morgan fingerprint density at radius 2 is 1.80 bits per heavy atom. The van der Waals surface area contributed by atoms with E-state index in [1.165, 1.54) is 0 Å². The van der Waals surface area contributed by atoms with Crippen molar-refractivity contribution in [3.63, 3.8) is 0 Å². The number of oxazole rings is 1. The normalized spacial score (nSPS) is 13.1. The van der Waals surface area contributed by atoms with Crippen LogP contribution < -0.4 is 4.74 Å². The number of hydrogen-bond donors (Lipinski definition) is 0. The quantitative estimate of drug-likeness (QED) is 0.426. The molecule has 2 heterocycles. The van der Waals surface area contributed by atoms with E-state index in [0.29, 0.717) is 35.6 Å². The zero-order valence-corrected chi connectivity index (χ0v) is 15.8. The lowest BCUT2D eigenvalue weighted by Crippen LogP contribution is -2.07. The van der Waals surface area contributed by atoms with Gasteiger partial charge in [-0.3, -0.25) is 0 Å². The summed E-state index contributed by atoms with van der Waals surface area (Å²) in [6.07, 6.45) is -3.47. The Morgan fingerprint density at radius 1 is 1.00 bits per heavy atom. The Morgan fingerprint density at radius 3 is 2.53 bits per heavy atom. The number of rotatable bonds is 3. The largest absolute Gasteiger partial charge is 0.497 e. The number of ether oxygens (including phenoxy) is 1. The number of benzene rings is 2. The van der Waals surface area contributed by atoms with Gasteiger partial charge in [-0.05, 0) is 36.6 Å². The summed E-state index contributed by atoms with van der Waals surface area (Å²) >= 11 is 0. The summed E-state index contributed by atoms with van der Waals surface area (Å²) in [5.41, 5.74) is 1.37. The highest BCUT2D eigenvalue weighted by atomic mass is 19.4. The zero-order chi connectivity index (χ0) is 20.9. The van der Waals surface area contributed by atoms with Crippen LogP contribution in [0.3, 0.4) is 0 Å². The highest BCUT2D eigenvalue weighted by molar-refractivity contribution is 5.73. The van der Waals surface area contributed by atoms with E-state index in [1.807, 2.05) is 12.1 Å². The van der Waals surface area contributed by atoms with Gasteiger partial charge in [-0.15, -0.1) is 0 Å². The van der Waals surface area contributed by atoms with Gasteiger partial charge in [0.15, 0.2) is 5.76 Å². The van der Waals surface area contributed by atoms with Crippen LogP contribution in [-0.4, -0.2) is 17.3 Å². The van der Waals surface area contributed by atoms with Gasteiger partial charge in [0.05, 0.1) is 12.8 Å². The molecule has 5 nitrogen and oxygen atoms in total. The first kappa shape index (κ1) is 18.5. The van der Waals surface area contributed by atoms with Gasteiger partial charge < -0.3 is 13.7 Å². The third-order valence-corrected chi connectivity index (χ3v) is 5.10. The molecule has 0 fully saturated rings. The minimum Gasteiger partial charge on any atom is -0.497 e. The third-order valence-electron chi connectivity index (χ3n) is 5.10. The fourth-order valence-corrected chi connectivity index (χ4v) is 3.70. The van der Waals surface area contributed by atoms with Crippen molar-refractivity contribution in [3.8, 4) is 40.0 Å². The summed E-state index contributed by atoms with van der Waals surface area (Å²) < 4.78 is 58.0. The van der Waals surface area contributed by atoms with Crippen LogP contribution in [0.4, 0.5) is 13.2 Å². The van der Waals surface area contributed by atoms with Gasteiger partial charge in [-0.1, -0.05) is 35.5 Å². The fourth-order valence-electron chi connectivity index (χ4n) is 3.70. The van der Waals surface area contributed by atoms with Crippen LogP contribution in [0.25, 0.3) is 34.2 Å². The standard InChI is InChI=1S/C22H15F3N2O3/c1-28-14-8-9-15-13(11-14)7-10-16-19(15)29-21(26-16)20-17(22(23,24)25)18(27-30-20)12-5-3-2-4-6-12/h2-6,8-9,11H,7,10H2,1H3. The predicted octanol–water partition coefficient (Wildman–Crippen LogP) is 5.79. The summed E-state index contributed by atoms with van der Waals surface area (Å²) in [7, 11) is 1.58. The average molecular weight is 412 g/mol. The van der Waals surface area contributed by atoms with E-state index in [4.69, 9.17) is 13.7 Å². The molecule has 0 saturated heterocycles. The molecule has 2 aromatic carbocycles. The maximum Gasteiger partial charge on any atom is 0.422 e. The molecule has 0 aliphatic heterocycles. The molecule has 0 spiro atoms. The zero-order valence-electron chi connectivity index (χ0n) is 15.8. The second-order valence-electron chi connectivity index (χ2n) is 6.92. The number of halogens is 3. The molecule has 0 bridgehead atoms. The van der Waals surface area contributed by atoms with E-state index in [0.717, 1.165) is 11.1 Å². The van der Waals surface area contributed by atoms with Gasteiger partial charge in [0, 0.05) is 11.1 Å². The first-order chi connectivity index (χ1) is 14.5. The van der Waals surface area contributed by atoms with Crippen LogP contribution in [0.5, 0.6) is 5.75 Å². The van der Waals surface area contributed by atoms with Crippen molar-refractivity contribution in [2.24, 2.45) is 0 Å². The van der Waals surface area contributed by atoms with E-state index < -0.39 is 17.5 Å². The molecule has 30 heavy (non-hydrogen) atoms. The monoisotopic (exact) mass is 412 g/mol. The number of nitrogens with zero attached hydrogens (tertiary/aromatic N) is 2. The molecule has 2 aromatic heterocycles. The van der Waals surface area contributed by atoms with Crippen molar-refractivity contribution in [1.82, 2.24) is 10.1 Å². The lowest BCUT2D eigenvalue weighted by Gasteiger charge is -2.14. The maximum atomic E-state index is 13.9. The molecule has 0 unspecified atom stereocenters. The van der Waals surface area contributed by atoms with Crippen LogP contribution in [0.2, 0.25) is 0 Å². The van der Waals surface area contributed by atoms with Crippen LogP contribution >= 0.6 is 0 Å². The fraction of sp³-hybridized carbons (Fsp3) is 0.182. The van der Waals surface area contributed by atoms with Gasteiger partial charge >= 0.3 is 6.18 Å². The van der Waals surface area contributed by atoms with Crippen molar-refractivity contribution in [2.45, 2.75) is 19.0 Å². The molecule has 8 heteroatoms. The molecule has 0 radical (unpaired) electrons. The van der Waals surface area contributed by atoms with E-state index in [-0.39, 0.29) is 11.6 Å². The summed E-state index contributed by atoms with van der Waals surface area (Å²) in [5.74, 6) is 0.398. The van der Waals surface area contributed by atoms with Gasteiger partial charge in [0.1, 0.15) is 17.0 Å². The van der Waals surface area contributed by atoms with E-state index in [9.17, 15) is 13.2 Å². The molecule has 5 rings (SSSR count). The first-order valence-electron chi connectivity index (χ1n) is 9.25. The molecule has 0 N–H and O–H groups in total. The second-order valence-corrected chi connectivity index (χ2v) is 6.92. The van der Waals surface area contributed by atoms with E-state index >= 15 is 0 Å². The van der Waals surface area contributed by atoms with Crippen molar-refractivity contribution >= 4 is 0 Å². The van der Waals surface area contributed by atoms with Gasteiger partial charge in [0.25, 0.3) is 5.89 Å². The Hall–Kier alpha value is -3.55. The molecule has 4 aromatic rings. The molecule has 1 aliphatic carbocycles. The molecule has 0 saturated carbocycles. The summed E-state index contributed by atoms with van der Waals surface area (Å²) in [4.78, 5) is 4.31. The highest BCUT2D eigenvalue weighted by Gasteiger charge is 2.43. The molecule has 1 aliphatic rings. The van der Waals surface area contributed by atoms with Crippen molar-refractivity contribution in [2.75, 3.05) is 7.11 Å². The number of aryl methyl sites for hydroxylation is 2. The molecule has 0 amide bonds. The Kier molecular flexibility index (Phi) is 4.16. The summed E-state index contributed by atoms with van der Waals surface area (Å²) in [6.45, 7) is 0. The second kappa shape index (κ2) is 6.76. The third kappa shape index (κ3) is 2.96. The number of hydrogen-bond acceptors (Lipinski definition) is 5. The molecular formula is C22H15F3N2O3. The summed E-state index contributed by atoms with van der Waals surface area (Å²) in [5, 5.41) is 3.69. The van der Waals surface area contributed by atoms with Crippen LogP contribution in [0.1, 0.15) is 16.8 Å². The topological polar surface area (TPSA) is 61.3 Å². The molecule has 152 valence electrons. The van der Waals surface area contributed by atoms with Crippen LogP contribution in [-0.2, 0) is 19.0 Å². The van der Waals surface area contributed by atoms with Gasteiger partial charge in [-0.25, -0.2) is 4.98 Å².